The third-order valence-corrected chi connectivity index (χ3v) is 4.58. The molecule has 0 fully saturated rings. The lowest BCUT2D eigenvalue weighted by molar-refractivity contribution is -0.380. The first-order valence-corrected chi connectivity index (χ1v) is 8.01. The molecule has 1 aliphatic rings. The predicted octanol–water partition coefficient (Wildman–Crippen LogP) is 3.71. The van der Waals surface area contributed by atoms with E-state index < -0.39 is 4.92 Å². The highest BCUT2D eigenvalue weighted by molar-refractivity contribution is 7.18. The monoisotopic (exact) mass is 343 g/mol. The number of carbonyl (C=O) groups excluding carboxylic acids is 1. The van der Waals surface area contributed by atoms with Crippen LogP contribution < -0.4 is 0 Å². The lowest BCUT2D eigenvalue weighted by Gasteiger charge is -2.22. The lowest BCUT2D eigenvalue weighted by atomic mass is 9.83. The second-order valence-corrected chi connectivity index (χ2v) is 6.28. The van der Waals surface area contributed by atoms with Crippen molar-refractivity contribution in [3.63, 3.8) is 0 Å². The maximum absolute atomic E-state index is 12.3. The molecule has 1 aliphatic carbocycles. The van der Waals surface area contributed by atoms with Gasteiger partial charge in [0.2, 0.25) is 5.13 Å². The molecule has 7 nitrogen and oxygen atoms in total. The topological polar surface area (TPSA) is 106 Å². The van der Waals surface area contributed by atoms with Gasteiger partial charge in [0.25, 0.3) is 0 Å². The Kier molecular flexibility index (Phi) is 4.48. The fourth-order valence-corrected chi connectivity index (χ4v) is 3.12. The molecule has 3 rings (SSSR count). The van der Waals surface area contributed by atoms with Crippen LogP contribution in [-0.2, 0) is 4.79 Å². The van der Waals surface area contributed by atoms with E-state index in [4.69, 9.17) is 0 Å². The average molecular weight is 343 g/mol. The average Bonchev–Trinajstić information content (AvgIpc) is 3.04. The van der Waals surface area contributed by atoms with Gasteiger partial charge in [0, 0.05) is 19.1 Å². The van der Waals surface area contributed by atoms with Crippen molar-refractivity contribution in [2.24, 2.45) is 4.99 Å². The van der Waals surface area contributed by atoms with E-state index >= 15 is 0 Å². The minimum Gasteiger partial charge on any atom is -0.511 e. The van der Waals surface area contributed by atoms with Gasteiger partial charge in [-0.3, -0.25) is 14.9 Å². The summed E-state index contributed by atoms with van der Waals surface area (Å²) in [5, 5.41) is 20.8. The molecular weight excluding hydrogens is 330 g/mol. The van der Waals surface area contributed by atoms with Crippen LogP contribution >= 0.6 is 11.3 Å². The van der Waals surface area contributed by atoms with E-state index in [2.05, 4.69) is 9.98 Å². The van der Waals surface area contributed by atoms with Crippen molar-refractivity contribution in [3.8, 4) is 0 Å². The van der Waals surface area contributed by atoms with E-state index in [0.717, 1.165) is 23.1 Å². The Morgan fingerprint density at radius 3 is 2.71 bits per heavy atom. The van der Waals surface area contributed by atoms with Gasteiger partial charge in [-0.2, -0.15) is 0 Å². The number of allylic oxidation sites excluding steroid dienone is 2. The van der Waals surface area contributed by atoms with Crippen molar-refractivity contribution in [2.75, 3.05) is 0 Å². The third-order valence-electron chi connectivity index (χ3n) is 3.72. The van der Waals surface area contributed by atoms with Crippen molar-refractivity contribution < 1.29 is 14.8 Å². The maximum Gasteiger partial charge on any atom is 0.345 e. The predicted molar refractivity (Wildman–Crippen MR) is 90.0 cm³/mol. The number of aromatic nitrogens is 1. The van der Waals surface area contributed by atoms with E-state index in [1.807, 2.05) is 30.3 Å². The van der Waals surface area contributed by atoms with Crippen molar-refractivity contribution in [1.82, 2.24) is 4.98 Å². The first-order valence-electron chi connectivity index (χ1n) is 7.19. The number of carbonyl (C=O) groups is 1. The van der Waals surface area contributed by atoms with Crippen molar-refractivity contribution in [1.29, 1.82) is 0 Å². The molecule has 0 bridgehead atoms. The zero-order chi connectivity index (χ0) is 17.1. The maximum atomic E-state index is 12.3. The molecule has 1 N–H and O–H groups in total. The number of aliphatic hydroxyl groups excluding tert-OH is 1. The fraction of sp³-hybridized carbons (Fsp3) is 0.188. The Morgan fingerprint density at radius 2 is 2.08 bits per heavy atom. The lowest BCUT2D eigenvalue weighted by Crippen LogP contribution is -2.19. The van der Waals surface area contributed by atoms with E-state index in [1.165, 1.54) is 6.21 Å². The number of hydrogen-bond acceptors (Lipinski definition) is 7. The number of nitrogens with zero attached hydrogens (tertiary/aromatic N) is 3. The van der Waals surface area contributed by atoms with Gasteiger partial charge >= 0.3 is 5.00 Å². The zero-order valence-electron chi connectivity index (χ0n) is 12.5. The normalized spacial score (nSPS) is 18.3. The van der Waals surface area contributed by atoms with Crippen LogP contribution in [0.5, 0.6) is 0 Å². The summed E-state index contributed by atoms with van der Waals surface area (Å²) in [7, 11) is 0. The van der Waals surface area contributed by atoms with Gasteiger partial charge in [-0.15, -0.1) is 0 Å². The van der Waals surface area contributed by atoms with Crippen LogP contribution in [-0.4, -0.2) is 27.0 Å². The number of ketones is 1. The zero-order valence-corrected chi connectivity index (χ0v) is 13.3. The summed E-state index contributed by atoms with van der Waals surface area (Å²) < 4.78 is 0. The number of aliphatic imine (C=N–C) groups is 1. The summed E-state index contributed by atoms with van der Waals surface area (Å²) in [6, 6.07) is 9.55. The van der Waals surface area contributed by atoms with Crippen LogP contribution in [0.2, 0.25) is 0 Å². The van der Waals surface area contributed by atoms with Crippen LogP contribution in [0.15, 0.2) is 52.9 Å². The first kappa shape index (κ1) is 16.0. The molecule has 0 radical (unpaired) electrons. The smallest absolute Gasteiger partial charge is 0.345 e. The summed E-state index contributed by atoms with van der Waals surface area (Å²) in [5.74, 6) is -0.283. The van der Waals surface area contributed by atoms with Crippen molar-refractivity contribution >= 4 is 33.5 Å². The van der Waals surface area contributed by atoms with E-state index in [9.17, 15) is 20.0 Å². The minimum atomic E-state index is -0.552. The number of benzene rings is 1. The highest BCUT2D eigenvalue weighted by atomic mass is 32.1. The van der Waals surface area contributed by atoms with Gasteiger partial charge in [0.05, 0.1) is 10.5 Å². The van der Waals surface area contributed by atoms with Gasteiger partial charge in [-0.1, -0.05) is 30.3 Å². The number of aliphatic hydroxyl groups is 1. The molecule has 1 aromatic carbocycles. The Hall–Kier alpha value is -2.87. The van der Waals surface area contributed by atoms with Crippen LogP contribution in [0.1, 0.15) is 24.3 Å². The summed E-state index contributed by atoms with van der Waals surface area (Å²) in [6.45, 7) is 0. The molecule has 0 amide bonds. The van der Waals surface area contributed by atoms with Crippen LogP contribution in [0, 0.1) is 10.1 Å². The summed E-state index contributed by atoms with van der Waals surface area (Å²) in [6.07, 6.45) is 2.99. The summed E-state index contributed by atoms with van der Waals surface area (Å²) in [5.41, 5.74) is 1.14. The molecule has 2 aromatic rings. The Bertz CT molecular complexity index is 842. The van der Waals surface area contributed by atoms with Crippen molar-refractivity contribution in [3.05, 3.63) is 63.5 Å². The molecule has 0 saturated carbocycles. The second kappa shape index (κ2) is 6.71. The van der Waals surface area contributed by atoms with Gasteiger partial charge in [-0.05, 0) is 22.8 Å². The first-order chi connectivity index (χ1) is 11.5. The molecule has 1 aromatic heterocycles. The van der Waals surface area contributed by atoms with E-state index in [-0.39, 0.29) is 39.6 Å². The molecular formula is C16H13N3O4S. The van der Waals surface area contributed by atoms with Gasteiger partial charge in [0.1, 0.15) is 12.0 Å². The summed E-state index contributed by atoms with van der Waals surface area (Å²) in [4.78, 5) is 30.1. The fourth-order valence-electron chi connectivity index (χ4n) is 2.54. The third kappa shape index (κ3) is 3.38. The van der Waals surface area contributed by atoms with E-state index in [0.29, 0.717) is 6.42 Å². The molecule has 1 heterocycles. The van der Waals surface area contributed by atoms with Crippen LogP contribution in [0.4, 0.5) is 10.1 Å². The number of rotatable bonds is 4. The number of Topliss-reactive ketones (excluding diaryl/α,β-unsaturated/α-hetero) is 1. The SMILES string of the molecule is O=C1CC(c2ccccc2)CC(O)=C1/C=N/c1ncc([N+](=O)[O-])s1. The molecule has 8 heteroatoms. The van der Waals surface area contributed by atoms with Crippen LogP contribution in [0.25, 0.3) is 0 Å². The van der Waals surface area contributed by atoms with Gasteiger partial charge in [-0.25, -0.2) is 9.98 Å². The molecule has 0 saturated heterocycles. The minimum absolute atomic E-state index is 0.0186. The number of hydrogen-bond donors (Lipinski definition) is 1. The Balaban J connectivity index is 1.79. The van der Waals surface area contributed by atoms with Crippen molar-refractivity contribution in [2.45, 2.75) is 18.8 Å². The largest absolute Gasteiger partial charge is 0.511 e. The Morgan fingerprint density at radius 1 is 1.33 bits per heavy atom. The molecule has 1 atom stereocenters. The standard InChI is InChI=1S/C16H13N3O4S/c20-13-6-11(10-4-2-1-3-5-10)7-14(21)12(13)8-17-16-18-9-15(24-16)19(22)23/h1-5,8-9,11,20H,6-7H2/b17-8+. The highest BCUT2D eigenvalue weighted by Crippen LogP contribution is 2.33. The molecule has 0 spiro atoms. The molecule has 122 valence electrons. The quantitative estimate of drug-likeness (QED) is 0.517. The molecule has 0 aliphatic heterocycles. The van der Waals surface area contributed by atoms with Crippen LogP contribution in [0.3, 0.4) is 0 Å². The Labute approximate surface area is 141 Å². The summed E-state index contributed by atoms with van der Waals surface area (Å²) >= 11 is 0.806. The van der Waals surface area contributed by atoms with Gasteiger partial charge in [0.15, 0.2) is 5.78 Å². The number of thiazole rings is 1. The van der Waals surface area contributed by atoms with E-state index in [1.54, 1.807) is 0 Å². The molecule has 1 unspecified atom stereocenters. The molecule has 24 heavy (non-hydrogen) atoms. The van der Waals surface area contributed by atoms with Gasteiger partial charge < -0.3 is 5.11 Å². The second-order valence-electron chi connectivity index (χ2n) is 5.30. The highest BCUT2D eigenvalue weighted by Gasteiger charge is 2.27. The number of nitro groups is 1.